The van der Waals surface area contributed by atoms with Crippen LogP contribution in [0.2, 0.25) is 0 Å². The lowest BCUT2D eigenvalue weighted by atomic mass is 10.2. The van der Waals surface area contributed by atoms with Gasteiger partial charge >= 0.3 is 18.1 Å². The summed E-state index contributed by atoms with van der Waals surface area (Å²) in [5.41, 5.74) is -0.0462. The summed E-state index contributed by atoms with van der Waals surface area (Å²) in [7, 11) is 0. The molecule has 0 unspecified atom stereocenters. The third-order valence-electron chi connectivity index (χ3n) is 1.48. The van der Waals surface area contributed by atoms with Gasteiger partial charge in [-0.25, -0.2) is 9.59 Å². The number of nitrogens with one attached hydrogen (secondary N) is 1. The van der Waals surface area contributed by atoms with Crippen molar-refractivity contribution in [3.8, 4) is 0 Å². The molecule has 0 aromatic rings. The summed E-state index contributed by atoms with van der Waals surface area (Å²) in [6.07, 6.45) is -0.975. The van der Waals surface area contributed by atoms with Gasteiger partial charge in [-0.2, -0.15) is 13.2 Å². The van der Waals surface area contributed by atoms with Crippen LogP contribution in [-0.2, 0) is 14.3 Å². The van der Waals surface area contributed by atoms with Crippen LogP contribution in [0.4, 0.5) is 13.2 Å². The zero-order chi connectivity index (χ0) is 11.5. The van der Waals surface area contributed by atoms with Crippen molar-refractivity contribution >= 4 is 11.9 Å². The van der Waals surface area contributed by atoms with E-state index in [1.807, 2.05) is 0 Å². The number of hydrogen-bond donors (Lipinski definition) is 1. The molecule has 0 atom stereocenters. The second kappa shape index (κ2) is 4.16. The molecule has 7 heteroatoms. The predicted molar refractivity (Wildman–Crippen MR) is 42.4 cm³/mol. The number of dihydropyridines is 1. The van der Waals surface area contributed by atoms with E-state index in [1.54, 1.807) is 0 Å². The minimum Gasteiger partial charge on any atom is -0.387 e. The highest BCUT2D eigenvalue weighted by molar-refractivity contribution is 5.98. The molecule has 1 heterocycles. The number of rotatable bonds is 1. The smallest absolute Gasteiger partial charge is 0.387 e. The highest BCUT2D eigenvalue weighted by Gasteiger charge is 2.42. The first kappa shape index (κ1) is 11.3. The summed E-state index contributed by atoms with van der Waals surface area (Å²) in [6.45, 7) is 0.0282. The van der Waals surface area contributed by atoms with E-state index < -0.39 is 18.1 Å². The van der Waals surface area contributed by atoms with Crippen LogP contribution < -0.4 is 5.32 Å². The van der Waals surface area contributed by atoms with Gasteiger partial charge in [0.15, 0.2) is 0 Å². The van der Waals surface area contributed by atoms with Gasteiger partial charge in [-0.15, -0.1) is 0 Å². The van der Waals surface area contributed by atoms with E-state index in [1.165, 1.54) is 18.4 Å². The minimum absolute atomic E-state index is 0.0282. The molecule has 4 nitrogen and oxygen atoms in total. The Balaban J connectivity index is 2.60. The molecule has 82 valence electrons. The van der Waals surface area contributed by atoms with Gasteiger partial charge in [0.2, 0.25) is 0 Å². The van der Waals surface area contributed by atoms with Gasteiger partial charge in [-0.3, -0.25) is 0 Å². The fourth-order valence-corrected chi connectivity index (χ4v) is 0.808. The largest absolute Gasteiger partial charge is 0.491 e. The Kier molecular flexibility index (Phi) is 3.13. The molecular weight excluding hydrogens is 215 g/mol. The number of carbonyl (C=O) groups is 2. The van der Waals surface area contributed by atoms with Crippen LogP contribution in [0.5, 0.6) is 0 Å². The van der Waals surface area contributed by atoms with Gasteiger partial charge in [-0.05, 0) is 18.4 Å². The van der Waals surface area contributed by atoms with Crippen LogP contribution in [0.25, 0.3) is 0 Å². The number of allylic oxidation sites excluding steroid dienone is 2. The van der Waals surface area contributed by atoms with Crippen molar-refractivity contribution in [2.24, 2.45) is 0 Å². The zero-order valence-corrected chi connectivity index (χ0v) is 7.30. The van der Waals surface area contributed by atoms with Crippen LogP contribution in [0, 0.1) is 0 Å². The van der Waals surface area contributed by atoms with Crippen molar-refractivity contribution in [3.63, 3.8) is 0 Å². The molecule has 1 N–H and O–H groups in total. The van der Waals surface area contributed by atoms with Crippen LogP contribution in [0.3, 0.4) is 0 Å². The van der Waals surface area contributed by atoms with Crippen LogP contribution in [-0.4, -0.2) is 24.7 Å². The molecule has 0 radical (unpaired) electrons. The quantitative estimate of drug-likeness (QED) is 0.522. The molecule has 0 spiro atoms. The lowest BCUT2D eigenvalue weighted by Gasteiger charge is -2.10. The minimum atomic E-state index is -5.16. The Labute approximate surface area is 82.4 Å². The third kappa shape index (κ3) is 3.12. The maximum Gasteiger partial charge on any atom is 0.491 e. The fourth-order valence-electron chi connectivity index (χ4n) is 0.808. The average molecular weight is 221 g/mol. The van der Waals surface area contributed by atoms with E-state index in [4.69, 9.17) is 0 Å². The third-order valence-corrected chi connectivity index (χ3v) is 1.48. The number of halogens is 3. The second-order valence-electron chi connectivity index (χ2n) is 2.61. The molecule has 0 aliphatic carbocycles. The number of ether oxygens (including phenoxy) is 1. The van der Waals surface area contributed by atoms with Crippen molar-refractivity contribution < 1.29 is 27.5 Å². The number of alkyl halides is 3. The molecular formula is C8H6F3NO3. The monoisotopic (exact) mass is 221 g/mol. The van der Waals surface area contributed by atoms with E-state index in [0.717, 1.165) is 0 Å². The Morgan fingerprint density at radius 2 is 2.07 bits per heavy atom. The fraction of sp³-hybridized carbons (Fsp3) is 0.250. The van der Waals surface area contributed by atoms with Crippen molar-refractivity contribution in [1.82, 2.24) is 5.32 Å². The summed E-state index contributed by atoms with van der Waals surface area (Å²) in [6, 6.07) is 0. The topological polar surface area (TPSA) is 55.4 Å². The summed E-state index contributed by atoms with van der Waals surface area (Å²) < 4.78 is 38.7. The van der Waals surface area contributed by atoms with Crippen molar-refractivity contribution in [2.75, 3.05) is 6.54 Å². The van der Waals surface area contributed by atoms with Gasteiger partial charge in [0.05, 0.1) is 5.57 Å². The first-order chi connectivity index (χ1) is 6.91. The predicted octanol–water partition coefficient (Wildman–Crippen LogP) is 0.662. The van der Waals surface area contributed by atoms with E-state index in [2.05, 4.69) is 10.1 Å². The summed E-state index contributed by atoms with van der Waals surface area (Å²) in [5, 5.41) is 2.59. The summed E-state index contributed by atoms with van der Waals surface area (Å²) >= 11 is 0. The molecule has 0 aromatic heterocycles. The summed E-state index contributed by atoms with van der Waals surface area (Å²) in [4.78, 5) is 21.3. The standard InChI is InChI=1S/C8H6F3NO3/c9-8(10,11)7(14)15-6(13)5-2-1-3-12-4-5/h1-3,12H,4H2. The molecule has 1 aliphatic heterocycles. The maximum absolute atomic E-state index is 11.7. The van der Waals surface area contributed by atoms with Crippen molar-refractivity contribution in [2.45, 2.75) is 6.18 Å². The van der Waals surface area contributed by atoms with Crippen molar-refractivity contribution in [3.05, 3.63) is 23.9 Å². The van der Waals surface area contributed by atoms with E-state index >= 15 is 0 Å². The van der Waals surface area contributed by atoms with Gasteiger partial charge in [0.25, 0.3) is 0 Å². The van der Waals surface area contributed by atoms with Gasteiger partial charge in [0.1, 0.15) is 0 Å². The lowest BCUT2D eigenvalue weighted by molar-refractivity contribution is -0.200. The van der Waals surface area contributed by atoms with Crippen LogP contribution in [0.1, 0.15) is 0 Å². The SMILES string of the molecule is O=C(OC(=O)C(F)(F)F)C1=CC=CNC1. The molecule has 0 saturated carbocycles. The van der Waals surface area contributed by atoms with Gasteiger partial charge < -0.3 is 10.1 Å². The molecule has 0 bridgehead atoms. The number of carbonyl (C=O) groups excluding carboxylic acids is 2. The van der Waals surface area contributed by atoms with Gasteiger partial charge in [0, 0.05) is 6.54 Å². The van der Waals surface area contributed by atoms with Gasteiger partial charge in [-0.1, -0.05) is 0 Å². The van der Waals surface area contributed by atoms with Crippen LogP contribution in [0.15, 0.2) is 23.9 Å². The Morgan fingerprint density at radius 1 is 1.40 bits per heavy atom. The molecule has 1 rings (SSSR count). The Hall–Kier alpha value is -1.79. The second-order valence-corrected chi connectivity index (χ2v) is 2.61. The molecule has 1 aliphatic rings. The number of esters is 2. The molecule has 0 amide bonds. The van der Waals surface area contributed by atoms with Crippen LogP contribution >= 0.6 is 0 Å². The Bertz CT molecular complexity index is 344. The average Bonchev–Trinajstić information content (AvgIpc) is 2.17. The normalized spacial score (nSPS) is 15.3. The Morgan fingerprint density at radius 3 is 2.53 bits per heavy atom. The first-order valence-corrected chi connectivity index (χ1v) is 3.83. The first-order valence-electron chi connectivity index (χ1n) is 3.83. The van der Waals surface area contributed by atoms with Crippen molar-refractivity contribution in [1.29, 1.82) is 0 Å². The molecule has 0 saturated heterocycles. The summed E-state index contributed by atoms with van der Waals surface area (Å²) in [5.74, 6) is -3.81. The molecule has 0 fully saturated rings. The van der Waals surface area contributed by atoms with E-state index in [-0.39, 0.29) is 12.1 Å². The highest BCUT2D eigenvalue weighted by atomic mass is 19.4. The molecule has 15 heavy (non-hydrogen) atoms. The highest BCUT2D eigenvalue weighted by Crippen LogP contribution is 2.17. The van der Waals surface area contributed by atoms with E-state index in [9.17, 15) is 22.8 Å². The zero-order valence-electron chi connectivity index (χ0n) is 7.30. The maximum atomic E-state index is 11.7. The molecule has 0 aromatic carbocycles. The number of hydrogen-bond acceptors (Lipinski definition) is 4. The van der Waals surface area contributed by atoms with E-state index in [0.29, 0.717) is 0 Å². The lowest BCUT2D eigenvalue weighted by Crippen LogP contribution is -2.30.